The van der Waals surface area contributed by atoms with Gasteiger partial charge in [0.15, 0.2) is 0 Å². The Kier molecular flexibility index (Phi) is 5.29. The fourth-order valence-corrected chi connectivity index (χ4v) is 2.46. The van der Waals surface area contributed by atoms with Gasteiger partial charge in [0, 0.05) is 13.5 Å². The van der Waals surface area contributed by atoms with E-state index in [1.54, 1.807) is 19.2 Å². The van der Waals surface area contributed by atoms with Crippen LogP contribution in [0.25, 0.3) is 0 Å². The Bertz CT molecular complexity index is 569. The van der Waals surface area contributed by atoms with Crippen molar-refractivity contribution in [1.29, 1.82) is 0 Å². The Labute approximate surface area is 126 Å². The first-order chi connectivity index (χ1) is 9.61. The fraction of sp³-hybridized carbons (Fsp3) is 0.250. The van der Waals surface area contributed by atoms with Crippen LogP contribution in [0.3, 0.4) is 0 Å². The molecule has 0 aliphatic heterocycles. The molecule has 0 saturated heterocycles. The van der Waals surface area contributed by atoms with Gasteiger partial charge in [0.1, 0.15) is 5.82 Å². The summed E-state index contributed by atoms with van der Waals surface area (Å²) in [7, 11) is 1.64. The van der Waals surface area contributed by atoms with Crippen LogP contribution in [0.15, 0.2) is 46.9 Å². The molecule has 0 radical (unpaired) electrons. The zero-order valence-corrected chi connectivity index (χ0v) is 12.7. The molecule has 1 unspecified atom stereocenters. The lowest BCUT2D eigenvalue weighted by Gasteiger charge is -2.13. The van der Waals surface area contributed by atoms with Crippen molar-refractivity contribution in [3.8, 4) is 0 Å². The fourth-order valence-electron chi connectivity index (χ4n) is 2.03. The third kappa shape index (κ3) is 3.66. The summed E-state index contributed by atoms with van der Waals surface area (Å²) in [5, 5.41) is 10.2. The molecule has 4 heteroatoms. The Balaban J connectivity index is 2.11. The molecule has 0 aromatic heterocycles. The molecule has 0 fully saturated rings. The van der Waals surface area contributed by atoms with Crippen molar-refractivity contribution in [1.82, 2.24) is 0 Å². The summed E-state index contributed by atoms with van der Waals surface area (Å²) in [5.74, 6) is -0.315. The van der Waals surface area contributed by atoms with Crippen LogP contribution < -0.4 is 0 Å². The quantitative estimate of drug-likeness (QED) is 0.892. The molecule has 2 aromatic carbocycles. The second-order valence-corrected chi connectivity index (χ2v) is 5.40. The second-order valence-electron chi connectivity index (χ2n) is 4.61. The van der Waals surface area contributed by atoms with E-state index in [4.69, 9.17) is 4.74 Å². The summed E-state index contributed by atoms with van der Waals surface area (Å²) in [6, 6.07) is 12.4. The van der Waals surface area contributed by atoms with Gasteiger partial charge in [-0.25, -0.2) is 4.39 Å². The van der Waals surface area contributed by atoms with E-state index in [0.29, 0.717) is 17.5 Å². The van der Waals surface area contributed by atoms with E-state index in [9.17, 15) is 9.50 Å². The van der Waals surface area contributed by atoms with Gasteiger partial charge in [-0.05, 0) is 38.7 Å². The highest BCUT2D eigenvalue weighted by molar-refractivity contribution is 9.10. The SMILES string of the molecule is COCc1ccc(C(O)Cc2cccc(F)c2Br)cc1. The summed E-state index contributed by atoms with van der Waals surface area (Å²) in [5.41, 5.74) is 2.61. The largest absolute Gasteiger partial charge is 0.388 e. The summed E-state index contributed by atoms with van der Waals surface area (Å²) in [6.45, 7) is 0.547. The zero-order valence-electron chi connectivity index (χ0n) is 11.1. The van der Waals surface area contributed by atoms with Crippen molar-refractivity contribution in [2.45, 2.75) is 19.1 Å². The first-order valence-electron chi connectivity index (χ1n) is 6.30. The highest BCUT2D eigenvalue weighted by Gasteiger charge is 2.12. The maximum absolute atomic E-state index is 13.4. The molecule has 20 heavy (non-hydrogen) atoms. The van der Waals surface area contributed by atoms with Crippen LogP contribution in [0.4, 0.5) is 4.39 Å². The maximum atomic E-state index is 13.4. The Morgan fingerprint density at radius 1 is 1.20 bits per heavy atom. The van der Waals surface area contributed by atoms with Gasteiger partial charge in [0.05, 0.1) is 17.2 Å². The lowest BCUT2D eigenvalue weighted by molar-refractivity contribution is 0.177. The van der Waals surface area contributed by atoms with Gasteiger partial charge >= 0.3 is 0 Å². The van der Waals surface area contributed by atoms with E-state index >= 15 is 0 Å². The maximum Gasteiger partial charge on any atom is 0.137 e. The normalized spacial score (nSPS) is 12.4. The first kappa shape index (κ1) is 15.2. The average molecular weight is 339 g/mol. The Morgan fingerprint density at radius 3 is 2.55 bits per heavy atom. The standard InChI is InChI=1S/C16H16BrFO2/c1-20-10-11-5-7-12(8-6-11)15(19)9-13-3-2-4-14(18)16(13)17/h2-8,15,19H,9-10H2,1H3. The monoisotopic (exact) mass is 338 g/mol. The topological polar surface area (TPSA) is 29.5 Å². The molecular formula is C16H16BrFO2. The van der Waals surface area contributed by atoms with Crippen molar-refractivity contribution >= 4 is 15.9 Å². The summed E-state index contributed by atoms with van der Waals surface area (Å²) >= 11 is 3.21. The minimum atomic E-state index is -0.662. The Hall–Kier alpha value is -1.23. The number of aliphatic hydroxyl groups is 1. The van der Waals surface area contributed by atoms with Crippen molar-refractivity contribution < 1.29 is 14.2 Å². The lowest BCUT2D eigenvalue weighted by atomic mass is 10.0. The smallest absolute Gasteiger partial charge is 0.137 e. The molecule has 0 saturated carbocycles. The number of hydrogen-bond donors (Lipinski definition) is 1. The summed E-state index contributed by atoms with van der Waals surface area (Å²) < 4.78 is 18.9. The van der Waals surface area contributed by atoms with Crippen LogP contribution >= 0.6 is 15.9 Å². The second kappa shape index (κ2) is 6.97. The molecule has 0 amide bonds. The van der Waals surface area contributed by atoms with Gasteiger partial charge in [0.2, 0.25) is 0 Å². The van der Waals surface area contributed by atoms with Gasteiger partial charge in [-0.2, -0.15) is 0 Å². The Morgan fingerprint density at radius 2 is 1.90 bits per heavy atom. The molecule has 0 spiro atoms. The summed E-state index contributed by atoms with van der Waals surface area (Å²) in [4.78, 5) is 0. The molecular weight excluding hydrogens is 323 g/mol. The van der Waals surface area contributed by atoms with Crippen LogP contribution in [-0.2, 0) is 17.8 Å². The number of hydrogen-bond acceptors (Lipinski definition) is 2. The van der Waals surface area contributed by atoms with Gasteiger partial charge < -0.3 is 9.84 Å². The van der Waals surface area contributed by atoms with Crippen LogP contribution in [0, 0.1) is 5.82 Å². The molecule has 1 atom stereocenters. The zero-order chi connectivity index (χ0) is 14.5. The van der Waals surface area contributed by atoms with E-state index < -0.39 is 6.10 Å². The van der Waals surface area contributed by atoms with Crippen molar-refractivity contribution in [3.63, 3.8) is 0 Å². The van der Waals surface area contributed by atoms with E-state index in [1.165, 1.54) is 6.07 Å². The number of rotatable bonds is 5. The molecule has 0 heterocycles. The van der Waals surface area contributed by atoms with E-state index in [0.717, 1.165) is 16.7 Å². The molecule has 2 aromatic rings. The third-order valence-electron chi connectivity index (χ3n) is 3.12. The van der Waals surface area contributed by atoms with Crippen LogP contribution in [0.5, 0.6) is 0 Å². The molecule has 106 valence electrons. The minimum Gasteiger partial charge on any atom is -0.388 e. The number of ether oxygens (including phenoxy) is 1. The highest BCUT2D eigenvalue weighted by atomic mass is 79.9. The molecule has 2 nitrogen and oxygen atoms in total. The van der Waals surface area contributed by atoms with E-state index in [2.05, 4.69) is 15.9 Å². The molecule has 0 aliphatic rings. The van der Waals surface area contributed by atoms with Crippen LogP contribution in [0.1, 0.15) is 22.8 Å². The predicted molar refractivity (Wildman–Crippen MR) is 79.9 cm³/mol. The van der Waals surface area contributed by atoms with Crippen molar-refractivity contribution in [2.75, 3.05) is 7.11 Å². The van der Waals surface area contributed by atoms with Gasteiger partial charge in [-0.3, -0.25) is 0 Å². The molecule has 2 rings (SSSR count). The first-order valence-corrected chi connectivity index (χ1v) is 7.10. The molecule has 1 N–H and O–H groups in total. The molecule has 0 bridgehead atoms. The van der Waals surface area contributed by atoms with Crippen molar-refractivity contribution in [2.24, 2.45) is 0 Å². The highest BCUT2D eigenvalue weighted by Crippen LogP contribution is 2.26. The van der Waals surface area contributed by atoms with E-state index in [-0.39, 0.29) is 5.82 Å². The average Bonchev–Trinajstić information content (AvgIpc) is 2.45. The van der Waals surface area contributed by atoms with E-state index in [1.807, 2.05) is 24.3 Å². The molecule has 0 aliphatic carbocycles. The van der Waals surface area contributed by atoms with Gasteiger partial charge in [0.25, 0.3) is 0 Å². The van der Waals surface area contributed by atoms with Crippen LogP contribution in [-0.4, -0.2) is 12.2 Å². The van der Waals surface area contributed by atoms with Gasteiger partial charge in [-0.1, -0.05) is 36.4 Å². The van der Waals surface area contributed by atoms with Crippen LogP contribution in [0.2, 0.25) is 0 Å². The lowest BCUT2D eigenvalue weighted by Crippen LogP contribution is -2.03. The number of methoxy groups -OCH3 is 1. The number of benzene rings is 2. The number of halogens is 2. The number of aliphatic hydroxyl groups excluding tert-OH is 1. The van der Waals surface area contributed by atoms with Crippen molar-refractivity contribution in [3.05, 3.63) is 69.4 Å². The predicted octanol–water partition coefficient (Wildman–Crippen LogP) is 4.01. The third-order valence-corrected chi connectivity index (χ3v) is 4.01. The summed E-state index contributed by atoms with van der Waals surface area (Å²) in [6.07, 6.45) is -0.299. The minimum absolute atomic E-state index is 0.315. The van der Waals surface area contributed by atoms with Gasteiger partial charge in [-0.15, -0.1) is 0 Å².